The van der Waals surface area contributed by atoms with Gasteiger partial charge in [-0.25, -0.2) is 0 Å². The predicted molar refractivity (Wildman–Crippen MR) is 83.6 cm³/mol. The molecule has 137 valence electrons. The van der Waals surface area contributed by atoms with Crippen LogP contribution in [0.5, 0.6) is 5.75 Å². The van der Waals surface area contributed by atoms with Gasteiger partial charge in [0.25, 0.3) is 5.56 Å². The van der Waals surface area contributed by atoms with E-state index >= 15 is 0 Å². The third-order valence-electron chi connectivity index (χ3n) is 3.44. The smallest absolute Gasteiger partial charge is 0.431 e. The van der Waals surface area contributed by atoms with Gasteiger partial charge in [-0.3, -0.25) is 19.5 Å². The van der Waals surface area contributed by atoms with E-state index in [2.05, 4.69) is 6.07 Å². The molecule has 1 heterocycles. The number of ether oxygens (including phenoxy) is 1. The number of nitrogens with zero attached hydrogens (tertiary/aromatic N) is 3. The molecular formula is C14H11F3N3O4SY-. The van der Waals surface area contributed by atoms with Crippen molar-refractivity contribution in [3.63, 3.8) is 0 Å². The summed E-state index contributed by atoms with van der Waals surface area (Å²) in [7, 11) is 2.21. The molecule has 0 saturated heterocycles. The van der Waals surface area contributed by atoms with Gasteiger partial charge < -0.3 is 9.30 Å². The molecule has 0 atom stereocenters. The zero-order valence-corrected chi connectivity index (χ0v) is 17.4. The molecule has 12 heteroatoms. The second-order valence-corrected chi connectivity index (χ2v) is 5.37. The summed E-state index contributed by atoms with van der Waals surface area (Å²) in [5.74, 6) is -0.136. The Hall–Kier alpha value is -1.59. The van der Waals surface area contributed by atoms with Gasteiger partial charge in [0.05, 0.1) is 12.9 Å². The molecule has 1 radical (unpaired) electrons. The average Bonchev–Trinajstić information content (AvgIpc) is 2.50. The van der Waals surface area contributed by atoms with Crippen LogP contribution < -0.4 is 10.3 Å². The summed E-state index contributed by atoms with van der Waals surface area (Å²) in [6, 6.07) is 4.16. The van der Waals surface area contributed by atoms with E-state index in [-0.39, 0.29) is 38.5 Å². The number of nitro groups is 1. The average molecular weight is 463 g/mol. The van der Waals surface area contributed by atoms with Crippen LogP contribution >= 0.6 is 12.2 Å². The Kier molecular flexibility index (Phi) is 6.88. The third-order valence-corrected chi connectivity index (χ3v) is 3.90. The van der Waals surface area contributed by atoms with Crippen LogP contribution in [-0.2, 0) is 45.9 Å². The van der Waals surface area contributed by atoms with Crippen molar-refractivity contribution < 1.29 is 55.5 Å². The van der Waals surface area contributed by atoms with Crippen LogP contribution in [0, 0.1) is 27.9 Å². The topological polar surface area (TPSA) is 79.3 Å². The number of alkyl halides is 3. The largest absolute Gasteiger partial charge is 0.515 e. The van der Waals surface area contributed by atoms with Crippen molar-refractivity contribution in [2.75, 3.05) is 7.11 Å². The molecule has 0 aliphatic rings. The van der Waals surface area contributed by atoms with Gasteiger partial charge in [-0.05, 0) is 12.2 Å². The molecule has 0 fully saturated rings. The zero-order chi connectivity index (χ0) is 19.1. The van der Waals surface area contributed by atoms with Gasteiger partial charge in [-0.1, -0.05) is 6.92 Å². The maximum absolute atomic E-state index is 13.0. The van der Waals surface area contributed by atoms with E-state index in [4.69, 9.17) is 17.0 Å². The molecule has 26 heavy (non-hydrogen) atoms. The first-order valence-corrected chi connectivity index (χ1v) is 7.05. The summed E-state index contributed by atoms with van der Waals surface area (Å²) in [6.45, 7) is 1.52. The van der Waals surface area contributed by atoms with Crippen LogP contribution in [0.1, 0.15) is 11.3 Å². The summed E-state index contributed by atoms with van der Waals surface area (Å²) in [5, 5.41) is 11.4. The second kappa shape index (κ2) is 7.97. The van der Waals surface area contributed by atoms with Crippen molar-refractivity contribution in [2.24, 2.45) is 7.05 Å². The van der Waals surface area contributed by atoms with E-state index < -0.39 is 38.5 Å². The summed E-state index contributed by atoms with van der Waals surface area (Å²) in [4.78, 5) is 22.8. The molecular weight excluding hydrogens is 452 g/mol. The Labute approximate surface area is 175 Å². The number of hydrogen-bond donors (Lipinski definition) is 0. The molecule has 1 aromatic heterocycles. The standard InChI is InChI=1S/C14H11F3N3O4S.Y/c1-7-4-5-8(11(20(22)23)12(7)24-3)19-10(21)6-9(14(15,16)17)18(2)13(19)25;/h4,6H,1-3H3;/q-1;. The van der Waals surface area contributed by atoms with E-state index in [9.17, 15) is 28.1 Å². The molecule has 0 N–H and O–H groups in total. The number of methoxy groups -OCH3 is 1. The number of aryl methyl sites for hydroxylation is 1. The van der Waals surface area contributed by atoms with Crippen LogP contribution in [0.3, 0.4) is 0 Å². The van der Waals surface area contributed by atoms with E-state index in [1.54, 1.807) is 0 Å². The van der Waals surface area contributed by atoms with Gasteiger partial charge in [-0.15, -0.1) is 5.56 Å². The molecule has 2 rings (SSSR count). The number of rotatable bonds is 3. The molecule has 0 saturated carbocycles. The van der Waals surface area contributed by atoms with Crippen LogP contribution in [0.25, 0.3) is 5.69 Å². The molecule has 0 bridgehead atoms. The summed E-state index contributed by atoms with van der Waals surface area (Å²) < 4.78 is 44.5. The van der Waals surface area contributed by atoms with Gasteiger partial charge in [0.2, 0.25) is 5.69 Å². The first-order chi connectivity index (χ1) is 11.5. The van der Waals surface area contributed by atoms with Gasteiger partial charge in [-0.2, -0.15) is 25.3 Å². The van der Waals surface area contributed by atoms with Gasteiger partial charge in [0.1, 0.15) is 5.69 Å². The number of aromatic nitrogens is 2. The number of hydrogen-bond acceptors (Lipinski definition) is 5. The van der Waals surface area contributed by atoms with Gasteiger partial charge >= 0.3 is 6.18 Å². The van der Waals surface area contributed by atoms with Crippen molar-refractivity contribution >= 4 is 17.9 Å². The Morgan fingerprint density at radius 3 is 2.42 bits per heavy atom. The van der Waals surface area contributed by atoms with E-state index in [0.29, 0.717) is 20.8 Å². The van der Waals surface area contributed by atoms with E-state index in [0.717, 1.165) is 7.05 Å². The molecule has 0 spiro atoms. The van der Waals surface area contributed by atoms with Crippen molar-refractivity contribution in [2.45, 2.75) is 13.1 Å². The quantitative estimate of drug-likeness (QED) is 0.303. The van der Waals surface area contributed by atoms with E-state index in [1.165, 1.54) is 20.1 Å². The minimum atomic E-state index is -4.80. The maximum atomic E-state index is 13.0. The number of nitro benzene ring substituents is 1. The third kappa shape index (κ3) is 3.89. The molecule has 0 unspecified atom stereocenters. The Morgan fingerprint density at radius 2 is 1.96 bits per heavy atom. The fraction of sp³-hybridized carbons (Fsp3) is 0.286. The first-order valence-electron chi connectivity index (χ1n) is 6.65. The van der Waals surface area contributed by atoms with Crippen LogP contribution in [0.4, 0.5) is 18.9 Å². The SMILES string of the molecule is COc1c(C)c[c-]c(-n2c(=O)cc(C(F)(F)F)n(C)c2=S)c1[N+](=O)[O-].[Y]. The van der Waals surface area contributed by atoms with Crippen molar-refractivity contribution in [3.8, 4) is 11.4 Å². The fourth-order valence-electron chi connectivity index (χ4n) is 2.31. The molecule has 7 nitrogen and oxygen atoms in total. The minimum Gasteiger partial charge on any atom is -0.515 e. The Balaban J connectivity index is 0.00000338. The molecule has 1 aromatic carbocycles. The molecule has 0 amide bonds. The van der Waals surface area contributed by atoms with Gasteiger partial charge in [0, 0.05) is 56.4 Å². The van der Waals surface area contributed by atoms with Gasteiger partial charge in [0.15, 0.2) is 4.77 Å². The van der Waals surface area contributed by atoms with Crippen molar-refractivity contribution in [1.82, 2.24) is 9.13 Å². The van der Waals surface area contributed by atoms with Crippen LogP contribution in [0.15, 0.2) is 16.9 Å². The number of halogens is 3. The summed E-state index contributed by atoms with van der Waals surface area (Å²) in [6.07, 6.45) is -4.80. The van der Waals surface area contributed by atoms with Crippen molar-refractivity contribution in [3.05, 3.63) is 54.7 Å². The number of benzene rings is 1. The fourth-order valence-corrected chi connectivity index (χ4v) is 2.59. The molecule has 0 aliphatic carbocycles. The molecule has 2 aromatic rings. The Morgan fingerprint density at radius 1 is 1.38 bits per heavy atom. The minimum absolute atomic E-state index is 0. The summed E-state index contributed by atoms with van der Waals surface area (Å²) >= 11 is 4.92. The zero-order valence-electron chi connectivity index (χ0n) is 13.7. The van der Waals surface area contributed by atoms with E-state index in [1.807, 2.05) is 0 Å². The predicted octanol–water partition coefficient (Wildman–Crippen LogP) is 2.95. The maximum Gasteiger partial charge on any atom is 0.431 e. The molecule has 0 aliphatic heterocycles. The van der Waals surface area contributed by atoms with Crippen LogP contribution in [0.2, 0.25) is 0 Å². The van der Waals surface area contributed by atoms with Crippen molar-refractivity contribution in [1.29, 1.82) is 0 Å². The second-order valence-electron chi connectivity index (χ2n) is 5.00. The van der Waals surface area contributed by atoms with Crippen LogP contribution in [-0.4, -0.2) is 21.2 Å². The normalized spacial score (nSPS) is 11.0. The first kappa shape index (κ1) is 22.5. The Bertz CT molecular complexity index is 985. The summed E-state index contributed by atoms with van der Waals surface area (Å²) in [5.41, 5.74) is -3.07. The monoisotopic (exact) mass is 463 g/mol.